The summed E-state index contributed by atoms with van der Waals surface area (Å²) in [5, 5.41) is 21.2. The lowest BCUT2D eigenvalue weighted by atomic mass is 9.83. The highest BCUT2D eigenvalue weighted by Crippen LogP contribution is 2.56. The lowest BCUT2D eigenvalue weighted by molar-refractivity contribution is 1.39. The third kappa shape index (κ3) is 4.71. The quantitative estimate of drug-likeness (QED) is 0.156. The van der Waals surface area contributed by atoms with Crippen molar-refractivity contribution in [3.05, 3.63) is 205 Å². The topological polar surface area (TPSA) is 0 Å². The van der Waals surface area contributed by atoms with Crippen LogP contribution in [0.2, 0.25) is 0 Å². The summed E-state index contributed by atoms with van der Waals surface area (Å²) < 4.78 is 0. The average molecular weight is 773 g/mol. The molecule has 284 valence electrons. The van der Waals surface area contributed by atoms with Crippen molar-refractivity contribution in [1.82, 2.24) is 0 Å². The minimum Gasteiger partial charge on any atom is -0.0622 e. The monoisotopic (exact) mass is 772 g/mol. The summed E-state index contributed by atoms with van der Waals surface area (Å²) in [6.07, 6.45) is 0. The van der Waals surface area contributed by atoms with Gasteiger partial charge in [0.25, 0.3) is 0 Å². The van der Waals surface area contributed by atoms with Crippen molar-refractivity contribution in [2.75, 3.05) is 0 Å². The molecule has 0 spiro atoms. The van der Waals surface area contributed by atoms with E-state index >= 15 is 0 Å². The largest absolute Gasteiger partial charge is 0.0622 e. The summed E-state index contributed by atoms with van der Waals surface area (Å²) in [6, 6.07) is 70.9. The van der Waals surface area contributed by atoms with Gasteiger partial charge in [0.1, 0.15) is 0 Å². The number of rotatable bonds is 4. The SMILES string of the molecule is Cc1cccc(C)c1-c1ccc2c3c(-c4ccccc4)c4cc5c6ccc(-c7ccccc7)cc6c6c(C)ccc(c4c(-c4ccccc4)c3c3cc4ccccc4c1c23)c56. The fourth-order valence-corrected chi connectivity index (χ4v) is 11.4. The van der Waals surface area contributed by atoms with E-state index in [0.29, 0.717) is 0 Å². The maximum Gasteiger partial charge on any atom is -0.000697 e. The molecular weight excluding hydrogens is 733 g/mol. The van der Waals surface area contributed by atoms with E-state index in [0.717, 1.165) is 0 Å². The third-order valence-corrected chi connectivity index (χ3v) is 13.9. The predicted octanol–water partition coefficient (Wildman–Crippen LogP) is 17.4. The Morgan fingerprint density at radius 3 is 1.54 bits per heavy atom. The summed E-state index contributed by atoms with van der Waals surface area (Å²) in [7, 11) is 0. The number of benzene rings is 11. The van der Waals surface area contributed by atoms with Gasteiger partial charge in [0.15, 0.2) is 0 Å². The Morgan fingerprint density at radius 2 is 0.803 bits per heavy atom. The minimum absolute atomic E-state index is 1.24. The first kappa shape index (κ1) is 34.3. The molecule has 0 saturated heterocycles. The summed E-state index contributed by atoms with van der Waals surface area (Å²) >= 11 is 0. The molecule has 13 rings (SSSR count). The van der Waals surface area contributed by atoms with Gasteiger partial charge in [-0.3, -0.25) is 0 Å². The van der Waals surface area contributed by atoms with Crippen LogP contribution in [0, 0.1) is 20.8 Å². The number of hydrogen-bond acceptors (Lipinski definition) is 0. The van der Waals surface area contributed by atoms with Crippen molar-refractivity contribution in [2.24, 2.45) is 0 Å². The van der Waals surface area contributed by atoms with Crippen LogP contribution in [0.4, 0.5) is 0 Å². The number of hydrogen-bond donors (Lipinski definition) is 0. The standard InChI is InChI=1S/C61H40/c1-35-16-15-17-36(2)52(35)45-30-31-47-59-50(33-42-24-13-14-25-43(42)56(45)59)61-55(40-22-11-6-12-23-40)58-46-28-26-37(3)53-48-32-41(38-18-7-4-8-19-38)27-29-44(48)49(57(46)53)34-51(58)54(60(47)61)39-20-9-5-10-21-39/h4-34H,1-3H3. The normalized spacial score (nSPS) is 12.2. The second kappa shape index (κ2) is 12.7. The molecule has 0 amide bonds. The Labute approximate surface area is 354 Å². The highest BCUT2D eigenvalue weighted by atomic mass is 14.3. The molecule has 0 nitrogen and oxygen atoms in total. The Bertz CT molecular complexity index is 3890. The van der Waals surface area contributed by atoms with Crippen molar-refractivity contribution in [3.63, 3.8) is 0 Å². The molecule has 0 aliphatic carbocycles. The zero-order valence-electron chi connectivity index (χ0n) is 34.4. The zero-order valence-corrected chi connectivity index (χ0v) is 34.4. The molecule has 13 aromatic carbocycles. The summed E-state index contributed by atoms with van der Waals surface area (Å²) in [4.78, 5) is 0. The Hall–Kier alpha value is -7.54. The van der Waals surface area contributed by atoms with E-state index in [9.17, 15) is 0 Å². The summed E-state index contributed by atoms with van der Waals surface area (Å²) in [5.41, 5.74) is 14.1. The van der Waals surface area contributed by atoms with Crippen LogP contribution in [0.25, 0.3) is 131 Å². The number of aryl methyl sites for hydroxylation is 3. The first-order valence-corrected chi connectivity index (χ1v) is 21.5. The van der Waals surface area contributed by atoms with E-state index in [1.54, 1.807) is 0 Å². The lowest BCUT2D eigenvalue weighted by Crippen LogP contribution is -1.91. The van der Waals surface area contributed by atoms with E-state index < -0.39 is 0 Å². The van der Waals surface area contributed by atoms with Gasteiger partial charge >= 0.3 is 0 Å². The van der Waals surface area contributed by atoms with Crippen LogP contribution in [-0.4, -0.2) is 0 Å². The maximum atomic E-state index is 2.56. The van der Waals surface area contributed by atoms with Crippen LogP contribution in [0.15, 0.2) is 188 Å². The fourth-order valence-electron chi connectivity index (χ4n) is 11.4. The molecule has 0 aliphatic heterocycles. The van der Waals surface area contributed by atoms with Gasteiger partial charge in [-0.15, -0.1) is 0 Å². The molecule has 0 aromatic heterocycles. The van der Waals surface area contributed by atoms with Gasteiger partial charge in [0.2, 0.25) is 0 Å². The molecule has 0 N–H and O–H groups in total. The van der Waals surface area contributed by atoms with Gasteiger partial charge in [0.05, 0.1) is 0 Å². The lowest BCUT2D eigenvalue weighted by Gasteiger charge is -2.19. The van der Waals surface area contributed by atoms with Crippen LogP contribution in [-0.2, 0) is 0 Å². The molecule has 0 saturated carbocycles. The smallest absolute Gasteiger partial charge is 0.000697 e. The molecule has 0 bridgehead atoms. The number of fused-ring (bicyclic) bond motifs is 10. The van der Waals surface area contributed by atoms with Gasteiger partial charge in [-0.2, -0.15) is 0 Å². The van der Waals surface area contributed by atoms with Gasteiger partial charge in [-0.05, 0) is 186 Å². The highest BCUT2D eigenvalue weighted by Gasteiger charge is 2.28. The first-order chi connectivity index (χ1) is 30.0. The average Bonchev–Trinajstić information content (AvgIpc) is 3.81. The van der Waals surface area contributed by atoms with E-state index in [-0.39, 0.29) is 0 Å². The highest BCUT2D eigenvalue weighted by molar-refractivity contribution is 6.47. The van der Waals surface area contributed by atoms with Crippen molar-refractivity contribution in [2.45, 2.75) is 20.8 Å². The molecule has 0 atom stereocenters. The molecule has 0 aliphatic rings. The van der Waals surface area contributed by atoms with Crippen LogP contribution < -0.4 is 0 Å². The van der Waals surface area contributed by atoms with Crippen LogP contribution in [0.1, 0.15) is 16.7 Å². The minimum atomic E-state index is 1.24. The molecule has 13 aromatic rings. The van der Waals surface area contributed by atoms with Gasteiger partial charge in [-0.1, -0.05) is 170 Å². The summed E-state index contributed by atoms with van der Waals surface area (Å²) in [6.45, 7) is 6.82. The fraction of sp³-hybridized carbons (Fsp3) is 0.0492. The van der Waals surface area contributed by atoms with Crippen molar-refractivity contribution < 1.29 is 0 Å². The molecule has 0 heterocycles. The predicted molar refractivity (Wildman–Crippen MR) is 265 cm³/mol. The van der Waals surface area contributed by atoms with Crippen LogP contribution in [0.3, 0.4) is 0 Å². The van der Waals surface area contributed by atoms with Crippen LogP contribution >= 0.6 is 0 Å². The first-order valence-electron chi connectivity index (χ1n) is 21.5. The summed E-state index contributed by atoms with van der Waals surface area (Å²) in [5.74, 6) is 0. The van der Waals surface area contributed by atoms with Gasteiger partial charge in [-0.25, -0.2) is 0 Å². The Morgan fingerprint density at radius 1 is 0.230 bits per heavy atom. The second-order valence-electron chi connectivity index (χ2n) is 17.2. The van der Waals surface area contributed by atoms with E-state index in [4.69, 9.17) is 0 Å². The Balaban J connectivity index is 1.32. The van der Waals surface area contributed by atoms with Gasteiger partial charge < -0.3 is 0 Å². The van der Waals surface area contributed by atoms with E-state index in [2.05, 4.69) is 209 Å². The van der Waals surface area contributed by atoms with Crippen molar-refractivity contribution in [3.8, 4) is 44.5 Å². The molecule has 0 heteroatoms. The van der Waals surface area contributed by atoms with E-state index in [1.165, 1.54) is 147 Å². The van der Waals surface area contributed by atoms with E-state index in [1.807, 2.05) is 0 Å². The zero-order chi connectivity index (χ0) is 40.5. The molecule has 61 heavy (non-hydrogen) atoms. The molecule has 0 radical (unpaired) electrons. The second-order valence-corrected chi connectivity index (χ2v) is 17.2. The van der Waals surface area contributed by atoms with Crippen molar-refractivity contribution >= 4 is 86.2 Å². The molecule has 0 unspecified atom stereocenters. The van der Waals surface area contributed by atoms with Gasteiger partial charge in [0, 0.05) is 0 Å². The van der Waals surface area contributed by atoms with Crippen molar-refractivity contribution in [1.29, 1.82) is 0 Å². The van der Waals surface area contributed by atoms with Crippen LogP contribution in [0.5, 0.6) is 0 Å². The Kier molecular flexibility index (Phi) is 7.17. The third-order valence-electron chi connectivity index (χ3n) is 13.9. The molecular formula is C61H40. The molecule has 0 fully saturated rings. The maximum absolute atomic E-state index is 2.56.